The van der Waals surface area contributed by atoms with Crippen molar-refractivity contribution in [3.05, 3.63) is 23.9 Å². The van der Waals surface area contributed by atoms with Gasteiger partial charge in [-0.2, -0.15) is 0 Å². The van der Waals surface area contributed by atoms with Crippen LogP contribution in [0.3, 0.4) is 0 Å². The Bertz CT molecular complexity index is 635. The first kappa shape index (κ1) is 20.1. The average molecular weight is 374 g/mol. The lowest BCUT2D eigenvalue weighted by Crippen LogP contribution is -2.46. The van der Waals surface area contributed by atoms with Gasteiger partial charge in [0.25, 0.3) is 0 Å². The summed E-state index contributed by atoms with van der Waals surface area (Å²) < 4.78 is 5.81. The van der Waals surface area contributed by atoms with Crippen molar-refractivity contribution < 1.29 is 9.53 Å². The van der Waals surface area contributed by atoms with Crippen LogP contribution in [0.1, 0.15) is 83.7 Å². The number of ether oxygens (including phenoxy) is 1. The molecule has 0 radical (unpaired) electrons. The van der Waals surface area contributed by atoms with Crippen LogP contribution in [0.5, 0.6) is 0 Å². The number of carbonyl (C=O) groups excluding carboxylic acids is 1. The Morgan fingerprint density at radius 1 is 1.15 bits per heavy atom. The quantitative estimate of drug-likeness (QED) is 0.720. The Hall–Kier alpha value is -1.62. The van der Waals surface area contributed by atoms with E-state index in [-0.39, 0.29) is 12.1 Å². The van der Waals surface area contributed by atoms with Gasteiger partial charge in [0.15, 0.2) is 0 Å². The molecule has 1 atom stereocenters. The number of likely N-dealkylation sites (tertiary alicyclic amines) is 1. The molecule has 1 saturated carbocycles. The minimum atomic E-state index is -0.513. The fourth-order valence-electron chi connectivity index (χ4n) is 4.40. The average Bonchev–Trinajstić information content (AvgIpc) is 2.62. The van der Waals surface area contributed by atoms with Gasteiger partial charge in [-0.15, -0.1) is 0 Å². The zero-order chi connectivity index (χ0) is 19.4. The van der Waals surface area contributed by atoms with Crippen LogP contribution in [0.2, 0.25) is 0 Å². The molecule has 1 saturated heterocycles. The number of pyridine rings is 1. The zero-order valence-electron chi connectivity index (χ0n) is 17.4. The molecule has 0 unspecified atom stereocenters. The van der Waals surface area contributed by atoms with Crippen molar-refractivity contribution in [3.63, 3.8) is 0 Å². The van der Waals surface area contributed by atoms with Crippen molar-refractivity contribution in [3.8, 4) is 0 Å². The van der Waals surface area contributed by atoms with Crippen molar-refractivity contribution in [2.45, 2.75) is 89.8 Å². The summed E-state index contributed by atoms with van der Waals surface area (Å²) in [5.41, 5.74) is 0.650. The Morgan fingerprint density at radius 3 is 2.52 bits per heavy atom. The van der Waals surface area contributed by atoms with Crippen LogP contribution >= 0.6 is 0 Å². The van der Waals surface area contributed by atoms with Gasteiger partial charge in [-0.3, -0.25) is 9.80 Å². The third-order valence-electron chi connectivity index (χ3n) is 5.70. The van der Waals surface area contributed by atoms with Crippen LogP contribution in [-0.4, -0.2) is 41.2 Å². The van der Waals surface area contributed by atoms with Crippen LogP contribution in [0.15, 0.2) is 18.3 Å². The minimum absolute atomic E-state index is 0.177. The molecular formula is C22H35N3O2. The third-order valence-corrected chi connectivity index (χ3v) is 5.70. The molecule has 0 bridgehead atoms. The monoisotopic (exact) mass is 373 g/mol. The first-order valence-corrected chi connectivity index (χ1v) is 10.5. The van der Waals surface area contributed by atoms with E-state index in [0.29, 0.717) is 6.04 Å². The van der Waals surface area contributed by atoms with Crippen LogP contribution in [0.4, 0.5) is 10.6 Å². The van der Waals surface area contributed by atoms with Crippen molar-refractivity contribution >= 4 is 11.9 Å². The van der Waals surface area contributed by atoms with Crippen LogP contribution in [0.25, 0.3) is 0 Å². The molecule has 0 N–H and O–H groups in total. The van der Waals surface area contributed by atoms with E-state index in [2.05, 4.69) is 18.0 Å². The molecule has 5 nitrogen and oxygen atoms in total. The molecule has 1 aromatic rings. The zero-order valence-corrected chi connectivity index (χ0v) is 17.4. The van der Waals surface area contributed by atoms with Gasteiger partial charge in [-0.1, -0.05) is 31.7 Å². The molecule has 1 aromatic heterocycles. The first-order valence-electron chi connectivity index (χ1n) is 10.5. The second-order valence-electron chi connectivity index (χ2n) is 9.05. The predicted molar refractivity (Wildman–Crippen MR) is 109 cm³/mol. The van der Waals surface area contributed by atoms with Gasteiger partial charge in [-0.05, 0) is 66.1 Å². The lowest BCUT2D eigenvalue weighted by molar-refractivity contribution is 0.0555. The van der Waals surface area contributed by atoms with Gasteiger partial charge in [0.1, 0.15) is 11.4 Å². The highest BCUT2D eigenvalue weighted by molar-refractivity contribution is 5.88. The normalized spacial score (nSPS) is 22.4. The van der Waals surface area contributed by atoms with Crippen molar-refractivity contribution in [2.24, 2.45) is 0 Å². The molecule has 1 aliphatic carbocycles. The number of hydrogen-bond acceptors (Lipinski definition) is 4. The van der Waals surface area contributed by atoms with Gasteiger partial charge < -0.3 is 4.74 Å². The van der Waals surface area contributed by atoms with Crippen LogP contribution in [0, 0.1) is 0 Å². The maximum atomic E-state index is 13.2. The number of anilines is 1. The summed E-state index contributed by atoms with van der Waals surface area (Å²) in [6, 6.07) is 4.64. The summed E-state index contributed by atoms with van der Waals surface area (Å²) in [5, 5.41) is 0. The maximum Gasteiger partial charge on any atom is 0.416 e. The maximum absolute atomic E-state index is 13.2. The van der Waals surface area contributed by atoms with E-state index < -0.39 is 5.60 Å². The van der Waals surface area contributed by atoms with Gasteiger partial charge in [0.05, 0.1) is 0 Å². The topological polar surface area (TPSA) is 45.7 Å². The molecule has 3 rings (SSSR count). The summed E-state index contributed by atoms with van der Waals surface area (Å²) in [6.07, 6.45) is 10.7. The van der Waals surface area contributed by atoms with Gasteiger partial charge in [-0.25, -0.2) is 9.78 Å². The van der Waals surface area contributed by atoms with E-state index >= 15 is 0 Å². The second kappa shape index (κ2) is 8.59. The van der Waals surface area contributed by atoms with E-state index in [1.807, 2.05) is 37.9 Å². The molecule has 5 heteroatoms. The van der Waals surface area contributed by atoms with E-state index in [9.17, 15) is 4.79 Å². The lowest BCUT2D eigenvalue weighted by atomic mass is 9.92. The summed E-state index contributed by atoms with van der Waals surface area (Å²) >= 11 is 0. The number of rotatable bonds is 3. The summed E-state index contributed by atoms with van der Waals surface area (Å²) in [5.74, 6) is 0.803. The van der Waals surface area contributed by atoms with Crippen LogP contribution in [-0.2, 0) is 4.74 Å². The molecule has 2 heterocycles. The summed E-state index contributed by atoms with van der Waals surface area (Å²) in [7, 11) is 2.18. The lowest BCUT2D eigenvalue weighted by Gasteiger charge is -2.38. The molecular weight excluding hydrogens is 338 g/mol. The van der Waals surface area contributed by atoms with Gasteiger partial charge in [0, 0.05) is 23.8 Å². The standard InChI is InChI=1S/C22H35N3O2/c1-22(2,3)27-21(26)25(17-11-6-5-7-12-17)20-18(13-10-15-23-20)19-14-8-9-16-24(19)4/h10,13,15,17,19H,5-9,11-12,14,16H2,1-4H3/t19-/m1/s1. The minimum Gasteiger partial charge on any atom is -0.443 e. The van der Waals surface area contributed by atoms with E-state index in [4.69, 9.17) is 9.72 Å². The fourth-order valence-corrected chi connectivity index (χ4v) is 4.40. The molecule has 0 aromatic carbocycles. The largest absolute Gasteiger partial charge is 0.443 e. The SMILES string of the molecule is CN1CCCC[C@@H]1c1cccnc1N(C(=O)OC(C)(C)C)C1CCCCC1. The highest BCUT2D eigenvalue weighted by atomic mass is 16.6. The molecule has 1 amide bonds. The Kier molecular flexibility index (Phi) is 6.40. The number of carbonyl (C=O) groups is 1. The number of piperidine rings is 1. The predicted octanol–water partition coefficient (Wildman–Crippen LogP) is 5.31. The number of nitrogens with zero attached hydrogens (tertiary/aromatic N) is 3. The molecule has 2 fully saturated rings. The highest BCUT2D eigenvalue weighted by Crippen LogP contribution is 2.37. The van der Waals surface area contributed by atoms with Gasteiger partial charge >= 0.3 is 6.09 Å². The Morgan fingerprint density at radius 2 is 1.85 bits per heavy atom. The van der Waals surface area contributed by atoms with Crippen LogP contribution < -0.4 is 4.90 Å². The van der Waals surface area contributed by atoms with Crippen molar-refractivity contribution in [2.75, 3.05) is 18.5 Å². The summed E-state index contributed by atoms with van der Waals surface area (Å²) in [6.45, 7) is 6.88. The van der Waals surface area contributed by atoms with Crippen molar-refractivity contribution in [1.29, 1.82) is 0 Å². The van der Waals surface area contributed by atoms with E-state index in [1.165, 1.54) is 19.3 Å². The Labute approximate surface area is 164 Å². The molecule has 0 spiro atoms. The molecule has 27 heavy (non-hydrogen) atoms. The smallest absolute Gasteiger partial charge is 0.416 e. The summed E-state index contributed by atoms with van der Waals surface area (Å²) in [4.78, 5) is 22.2. The number of hydrogen-bond donors (Lipinski definition) is 0. The highest BCUT2D eigenvalue weighted by Gasteiger charge is 2.35. The van der Waals surface area contributed by atoms with Crippen molar-refractivity contribution in [1.82, 2.24) is 9.88 Å². The van der Waals surface area contributed by atoms with Gasteiger partial charge in [0.2, 0.25) is 0 Å². The third kappa shape index (κ3) is 5.01. The van der Waals surface area contributed by atoms with E-state index in [0.717, 1.165) is 50.0 Å². The second-order valence-corrected chi connectivity index (χ2v) is 9.05. The number of amides is 1. The fraction of sp³-hybridized carbons (Fsp3) is 0.727. The molecule has 150 valence electrons. The number of aromatic nitrogens is 1. The van der Waals surface area contributed by atoms with E-state index in [1.54, 1.807) is 0 Å². The molecule has 1 aliphatic heterocycles. The Balaban J connectivity index is 1.97. The molecule has 2 aliphatic rings. The first-order chi connectivity index (χ1) is 12.9.